The molecule has 0 aliphatic rings. The minimum absolute atomic E-state index is 0.167. The number of rotatable bonds is 3. The average molecular weight is 267 g/mol. The summed E-state index contributed by atoms with van der Waals surface area (Å²) in [7, 11) is 0. The lowest BCUT2D eigenvalue weighted by Gasteiger charge is -2.07. The highest BCUT2D eigenvalue weighted by molar-refractivity contribution is 5.85. The van der Waals surface area contributed by atoms with Gasteiger partial charge in [-0.1, -0.05) is 30.3 Å². The molecule has 0 aliphatic heterocycles. The lowest BCUT2D eigenvalue weighted by Crippen LogP contribution is -2.15. The van der Waals surface area contributed by atoms with Crippen LogP contribution in [0.5, 0.6) is 0 Å². The second kappa shape index (κ2) is 6.34. The van der Waals surface area contributed by atoms with E-state index in [4.69, 9.17) is 10.00 Å². The smallest absolute Gasteiger partial charge is 0.413 e. The fourth-order valence-corrected chi connectivity index (χ4v) is 1.61. The maximum atomic E-state index is 11.7. The summed E-state index contributed by atoms with van der Waals surface area (Å²) in [6, 6.07) is 13.0. The van der Waals surface area contributed by atoms with Crippen LogP contribution in [0.3, 0.4) is 0 Å². The Morgan fingerprint density at radius 1 is 1.40 bits per heavy atom. The topological polar surface area (TPSA) is 75.0 Å². The van der Waals surface area contributed by atoms with E-state index < -0.39 is 6.09 Å². The van der Waals surface area contributed by atoms with E-state index in [0.717, 1.165) is 11.1 Å². The first kappa shape index (κ1) is 13.6. The van der Waals surface area contributed by atoms with Crippen LogP contribution in [0.2, 0.25) is 0 Å². The molecular weight excluding hydrogens is 254 g/mol. The number of hydrogen-bond acceptors (Lipinski definition) is 4. The van der Waals surface area contributed by atoms with Gasteiger partial charge in [0.25, 0.3) is 0 Å². The van der Waals surface area contributed by atoms with Crippen molar-refractivity contribution in [2.24, 2.45) is 0 Å². The van der Waals surface area contributed by atoms with Crippen LogP contribution in [0.15, 0.2) is 42.6 Å². The van der Waals surface area contributed by atoms with Crippen molar-refractivity contribution in [1.29, 1.82) is 5.26 Å². The van der Waals surface area contributed by atoms with Gasteiger partial charge < -0.3 is 4.74 Å². The number of anilines is 1. The molecule has 1 aromatic heterocycles. The zero-order valence-corrected chi connectivity index (χ0v) is 11.0. The Bertz CT molecular complexity index is 648. The highest BCUT2D eigenvalue weighted by atomic mass is 16.5. The number of carbonyl (C=O) groups is 1. The molecule has 0 atom stereocenters. The van der Waals surface area contributed by atoms with Crippen molar-refractivity contribution in [2.45, 2.75) is 13.5 Å². The zero-order valence-electron chi connectivity index (χ0n) is 11.0. The number of amides is 1. The van der Waals surface area contributed by atoms with Crippen molar-refractivity contribution in [3.63, 3.8) is 0 Å². The van der Waals surface area contributed by atoms with Gasteiger partial charge in [-0.15, -0.1) is 0 Å². The number of hydrogen-bond donors (Lipinski definition) is 1. The number of aryl methyl sites for hydroxylation is 1. The molecule has 0 fully saturated rings. The third kappa shape index (κ3) is 3.56. The summed E-state index contributed by atoms with van der Waals surface area (Å²) < 4.78 is 5.06. The Balaban J connectivity index is 1.97. The molecule has 0 saturated heterocycles. The second-order valence-electron chi connectivity index (χ2n) is 4.21. The van der Waals surface area contributed by atoms with Gasteiger partial charge in [0.05, 0.1) is 5.56 Å². The maximum Gasteiger partial charge on any atom is 0.413 e. The number of benzene rings is 1. The number of ether oxygens (including phenoxy) is 1. The molecule has 2 aromatic rings. The Morgan fingerprint density at radius 3 is 2.85 bits per heavy atom. The predicted octanol–water partition coefficient (Wildman–Crippen LogP) is 3.01. The van der Waals surface area contributed by atoms with Gasteiger partial charge >= 0.3 is 6.09 Å². The van der Waals surface area contributed by atoms with Gasteiger partial charge in [0, 0.05) is 6.20 Å². The first-order valence-corrected chi connectivity index (χ1v) is 6.03. The number of aromatic nitrogens is 1. The molecule has 5 nitrogen and oxygen atoms in total. The number of nitrogens with one attached hydrogen (secondary N) is 1. The Kier molecular flexibility index (Phi) is 4.30. The van der Waals surface area contributed by atoms with E-state index in [1.807, 2.05) is 43.3 Å². The van der Waals surface area contributed by atoms with Crippen LogP contribution in [-0.4, -0.2) is 11.1 Å². The average Bonchev–Trinajstić information content (AvgIpc) is 2.48. The Hall–Kier alpha value is -2.87. The summed E-state index contributed by atoms with van der Waals surface area (Å²) in [5.74, 6) is 0.205. The SMILES string of the molecule is Cc1cnc(NC(=O)OCc2ccccc2)c(C#N)c1. The van der Waals surface area contributed by atoms with Crippen LogP contribution in [-0.2, 0) is 11.3 Å². The number of nitrogens with zero attached hydrogens (tertiary/aromatic N) is 2. The molecule has 1 heterocycles. The van der Waals surface area contributed by atoms with E-state index in [9.17, 15) is 4.79 Å². The highest BCUT2D eigenvalue weighted by Crippen LogP contribution is 2.13. The molecule has 0 unspecified atom stereocenters. The van der Waals surface area contributed by atoms with Gasteiger partial charge in [0.15, 0.2) is 5.82 Å². The molecule has 5 heteroatoms. The molecule has 0 saturated carbocycles. The van der Waals surface area contributed by atoms with E-state index in [1.54, 1.807) is 12.3 Å². The Labute approximate surface area is 116 Å². The largest absolute Gasteiger partial charge is 0.444 e. The van der Waals surface area contributed by atoms with Crippen LogP contribution >= 0.6 is 0 Å². The van der Waals surface area contributed by atoms with Crippen molar-refractivity contribution in [3.8, 4) is 6.07 Å². The Morgan fingerprint density at radius 2 is 2.15 bits per heavy atom. The van der Waals surface area contributed by atoms with E-state index in [2.05, 4.69) is 10.3 Å². The van der Waals surface area contributed by atoms with E-state index in [-0.39, 0.29) is 12.4 Å². The number of nitriles is 1. The molecule has 0 spiro atoms. The number of carbonyl (C=O) groups excluding carboxylic acids is 1. The van der Waals surface area contributed by atoms with Crippen LogP contribution in [0, 0.1) is 18.3 Å². The van der Waals surface area contributed by atoms with Crippen LogP contribution in [0.1, 0.15) is 16.7 Å². The van der Waals surface area contributed by atoms with Gasteiger partial charge in [-0.25, -0.2) is 9.78 Å². The van der Waals surface area contributed by atoms with Crippen molar-refractivity contribution >= 4 is 11.9 Å². The quantitative estimate of drug-likeness (QED) is 0.927. The first-order chi connectivity index (χ1) is 9.69. The van der Waals surface area contributed by atoms with Gasteiger partial charge in [0.1, 0.15) is 12.7 Å². The lowest BCUT2D eigenvalue weighted by molar-refractivity contribution is 0.155. The van der Waals surface area contributed by atoms with Crippen molar-refractivity contribution < 1.29 is 9.53 Å². The van der Waals surface area contributed by atoms with Gasteiger partial charge in [0.2, 0.25) is 0 Å². The first-order valence-electron chi connectivity index (χ1n) is 6.03. The van der Waals surface area contributed by atoms with Crippen LogP contribution < -0.4 is 5.32 Å². The van der Waals surface area contributed by atoms with Crippen molar-refractivity contribution in [1.82, 2.24) is 4.98 Å². The zero-order chi connectivity index (χ0) is 14.4. The summed E-state index contributed by atoms with van der Waals surface area (Å²) >= 11 is 0. The van der Waals surface area contributed by atoms with Crippen LogP contribution in [0.25, 0.3) is 0 Å². The lowest BCUT2D eigenvalue weighted by atomic mass is 10.2. The highest BCUT2D eigenvalue weighted by Gasteiger charge is 2.09. The van der Waals surface area contributed by atoms with Crippen molar-refractivity contribution in [3.05, 3.63) is 59.3 Å². The summed E-state index contributed by atoms with van der Waals surface area (Å²) in [6.07, 6.45) is 0.940. The third-order valence-electron chi connectivity index (χ3n) is 2.58. The summed E-state index contributed by atoms with van der Waals surface area (Å²) in [5.41, 5.74) is 2.05. The minimum Gasteiger partial charge on any atom is -0.444 e. The van der Waals surface area contributed by atoms with Gasteiger partial charge in [-0.3, -0.25) is 5.32 Å². The fourth-order valence-electron chi connectivity index (χ4n) is 1.61. The molecule has 2 rings (SSSR count). The normalized spacial score (nSPS) is 9.60. The molecule has 1 aromatic carbocycles. The van der Waals surface area contributed by atoms with Crippen LogP contribution in [0.4, 0.5) is 10.6 Å². The maximum absolute atomic E-state index is 11.7. The third-order valence-corrected chi connectivity index (χ3v) is 2.58. The van der Waals surface area contributed by atoms with Gasteiger partial charge in [-0.2, -0.15) is 5.26 Å². The van der Waals surface area contributed by atoms with E-state index in [1.165, 1.54) is 0 Å². The monoisotopic (exact) mass is 267 g/mol. The van der Waals surface area contributed by atoms with E-state index in [0.29, 0.717) is 5.56 Å². The summed E-state index contributed by atoms with van der Waals surface area (Å²) in [6.45, 7) is 1.99. The molecule has 1 amide bonds. The summed E-state index contributed by atoms with van der Waals surface area (Å²) in [5, 5.41) is 11.4. The molecular formula is C15H13N3O2. The van der Waals surface area contributed by atoms with E-state index >= 15 is 0 Å². The fraction of sp³-hybridized carbons (Fsp3) is 0.133. The molecule has 20 heavy (non-hydrogen) atoms. The predicted molar refractivity (Wildman–Crippen MR) is 73.9 cm³/mol. The second-order valence-corrected chi connectivity index (χ2v) is 4.21. The molecule has 0 aliphatic carbocycles. The number of pyridine rings is 1. The standard InChI is InChI=1S/C15H13N3O2/c1-11-7-13(8-16)14(17-9-11)18-15(19)20-10-12-5-3-2-4-6-12/h2-7,9H,10H2,1H3,(H,17,18,19). The molecule has 1 N–H and O–H groups in total. The van der Waals surface area contributed by atoms with Gasteiger partial charge in [-0.05, 0) is 24.1 Å². The minimum atomic E-state index is -0.637. The molecule has 0 radical (unpaired) electrons. The molecule has 100 valence electrons. The van der Waals surface area contributed by atoms with Crippen molar-refractivity contribution in [2.75, 3.05) is 5.32 Å². The molecule has 0 bridgehead atoms. The summed E-state index contributed by atoms with van der Waals surface area (Å²) in [4.78, 5) is 15.7.